The van der Waals surface area contributed by atoms with Crippen LogP contribution in [0.25, 0.3) is 0 Å². The number of likely N-dealkylation sites (N-methyl/N-ethyl adjacent to an activating group) is 1. The summed E-state index contributed by atoms with van der Waals surface area (Å²) >= 11 is 1.64. The lowest BCUT2D eigenvalue weighted by Gasteiger charge is -2.17. The van der Waals surface area contributed by atoms with E-state index >= 15 is 0 Å². The van der Waals surface area contributed by atoms with Crippen molar-refractivity contribution in [2.24, 2.45) is 0 Å². The molecule has 0 bridgehead atoms. The van der Waals surface area contributed by atoms with E-state index in [1.165, 1.54) is 0 Å². The molecule has 4 nitrogen and oxygen atoms in total. The van der Waals surface area contributed by atoms with E-state index in [0.717, 1.165) is 16.3 Å². The average molecular weight is 308 g/mol. The molecule has 116 valence electrons. The van der Waals surface area contributed by atoms with Gasteiger partial charge in [-0.15, -0.1) is 18.3 Å². The van der Waals surface area contributed by atoms with Crippen molar-refractivity contribution in [3.8, 4) is 0 Å². The zero-order chi connectivity index (χ0) is 15.7. The van der Waals surface area contributed by atoms with Gasteiger partial charge in [0, 0.05) is 17.2 Å². The molecule has 0 heterocycles. The van der Waals surface area contributed by atoms with Crippen molar-refractivity contribution in [2.45, 2.75) is 24.3 Å². The molecule has 1 aromatic rings. The van der Waals surface area contributed by atoms with Crippen LogP contribution in [0, 0.1) is 0 Å². The number of aliphatic hydroxyl groups is 1. The number of nitrogens with one attached hydrogen (secondary N) is 1. The van der Waals surface area contributed by atoms with Crippen LogP contribution in [0.5, 0.6) is 0 Å². The molecule has 0 saturated carbocycles. The Morgan fingerprint density at radius 1 is 1.52 bits per heavy atom. The van der Waals surface area contributed by atoms with E-state index in [9.17, 15) is 9.90 Å². The molecule has 0 fully saturated rings. The molecular weight excluding hydrogens is 284 g/mol. The molecule has 1 rings (SSSR count). The van der Waals surface area contributed by atoms with E-state index in [0.29, 0.717) is 19.5 Å². The topological polar surface area (TPSA) is 52.6 Å². The molecule has 1 atom stereocenters. The molecule has 1 amide bonds. The number of rotatable bonds is 9. The van der Waals surface area contributed by atoms with Crippen LogP contribution in [-0.2, 0) is 4.79 Å². The Balaban J connectivity index is 2.52. The van der Waals surface area contributed by atoms with Crippen LogP contribution in [0.4, 0.5) is 5.69 Å². The maximum Gasteiger partial charge on any atom is 0.238 e. The monoisotopic (exact) mass is 308 g/mol. The number of hydrogen-bond donors (Lipinski definition) is 2. The molecule has 2 N–H and O–H groups in total. The van der Waals surface area contributed by atoms with Gasteiger partial charge in [0.1, 0.15) is 0 Å². The molecule has 1 unspecified atom stereocenters. The molecule has 0 aliphatic rings. The second-order valence-electron chi connectivity index (χ2n) is 5.02. The first-order valence-corrected chi connectivity index (χ1v) is 8.00. The van der Waals surface area contributed by atoms with Crippen LogP contribution >= 0.6 is 11.8 Å². The van der Waals surface area contributed by atoms with Crippen molar-refractivity contribution in [3.05, 3.63) is 36.9 Å². The van der Waals surface area contributed by atoms with Gasteiger partial charge in [-0.3, -0.25) is 9.69 Å². The van der Waals surface area contributed by atoms with E-state index in [1.54, 1.807) is 18.7 Å². The molecule has 1 aromatic carbocycles. The third-order valence-corrected chi connectivity index (χ3v) is 3.93. The third kappa shape index (κ3) is 7.32. The number of thioether (sulfide) groups is 1. The largest absolute Gasteiger partial charge is 0.393 e. The molecule has 0 aromatic heterocycles. The van der Waals surface area contributed by atoms with Crippen LogP contribution in [0.15, 0.2) is 41.8 Å². The number of carbonyl (C=O) groups is 1. The highest BCUT2D eigenvalue weighted by molar-refractivity contribution is 7.99. The fraction of sp³-hybridized carbons (Fsp3) is 0.438. The Hall–Kier alpha value is -1.30. The number of para-hydroxylation sites is 1. The first-order valence-electron chi connectivity index (χ1n) is 7.02. The quantitative estimate of drug-likeness (QED) is 0.544. The van der Waals surface area contributed by atoms with Gasteiger partial charge >= 0.3 is 0 Å². The first-order chi connectivity index (χ1) is 10.0. The van der Waals surface area contributed by atoms with Crippen LogP contribution < -0.4 is 5.32 Å². The summed E-state index contributed by atoms with van der Waals surface area (Å²) in [5.41, 5.74) is 0.832. The number of carbonyl (C=O) groups excluding carboxylic acids is 1. The van der Waals surface area contributed by atoms with Crippen molar-refractivity contribution in [2.75, 3.05) is 31.2 Å². The maximum atomic E-state index is 12.0. The minimum Gasteiger partial charge on any atom is -0.393 e. The van der Waals surface area contributed by atoms with Gasteiger partial charge in [0.05, 0.1) is 18.3 Å². The summed E-state index contributed by atoms with van der Waals surface area (Å²) in [6.07, 6.45) is 2.16. The molecule has 5 heteroatoms. The zero-order valence-corrected chi connectivity index (χ0v) is 13.5. The summed E-state index contributed by atoms with van der Waals surface area (Å²) in [5.74, 6) is 0.760. The number of anilines is 1. The SMILES string of the molecule is C=CCSc1ccccc1NC(=O)CN(C)CCC(C)O. The minimum absolute atomic E-state index is 0.0465. The Bertz CT molecular complexity index is 463. The number of hydrogen-bond acceptors (Lipinski definition) is 4. The Morgan fingerprint density at radius 3 is 2.90 bits per heavy atom. The number of aliphatic hydroxyl groups excluding tert-OH is 1. The van der Waals surface area contributed by atoms with Gasteiger partial charge in [0.25, 0.3) is 0 Å². The molecule has 0 saturated heterocycles. The second kappa shape index (κ2) is 9.60. The number of amides is 1. The van der Waals surface area contributed by atoms with Crippen LogP contribution in [0.1, 0.15) is 13.3 Å². The van der Waals surface area contributed by atoms with Gasteiger partial charge in [-0.05, 0) is 32.5 Å². The van der Waals surface area contributed by atoms with Crippen LogP contribution in [0.2, 0.25) is 0 Å². The zero-order valence-electron chi connectivity index (χ0n) is 12.7. The van der Waals surface area contributed by atoms with E-state index in [4.69, 9.17) is 0 Å². The fourth-order valence-corrected chi connectivity index (χ4v) is 2.51. The average Bonchev–Trinajstić information content (AvgIpc) is 2.44. The molecule has 0 aliphatic heterocycles. The predicted octanol–water partition coefficient (Wildman–Crippen LogP) is 2.61. The number of benzene rings is 1. The predicted molar refractivity (Wildman–Crippen MR) is 89.8 cm³/mol. The van der Waals surface area contributed by atoms with Crippen molar-refractivity contribution >= 4 is 23.4 Å². The third-order valence-electron chi connectivity index (χ3n) is 2.86. The number of nitrogens with zero attached hydrogens (tertiary/aromatic N) is 1. The minimum atomic E-state index is -0.341. The van der Waals surface area contributed by atoms with E-state index in [-0.39, 0.29) is 12.0 Å². The van der Waals surface area contributed by atoms with Crippen LogP contribution in [-0.4, -0.2) is 47.9 Å². The highest BCUT2D eigenvalue weighted by Crippen LogP contribution is 2.26. The van der Waals surface area contributed by atoms with Gasteiger partial charge < -0.3 is 10.4 Å². The molecule has 0 radical (unpaired) electrons. The smallest absolute Gasteiger partial charge is 0.238 e. The van der Waals surface area contributed by atoms with Crippen molar-refractivity contribution in [1.29, 1.82) is 0 Å². The molecule has 0 aliphatic carbocycles. The second-order valence-corrected chi connectivity index (χ2v) is 6.08. The molecule has 0 spiro atoms. The molecular formula is C16H24N2O2S. The van der Waals surface area contributed by atoms with E-state index < -0.39 is 0 Å². The Labute approximate surface area is 131 Å². The van der Waals surface area contributed by atoms with Gasteiger partial charge in [0.15, 0.2) is 0 Å². The van der Waals surface area contributed by atoms with Crippen molar-refractivity contribution < 1.29 is 9.90 Å². The van der Waals surface area contributed by atoms with E-state index in [2.05, 4.69) is 11.9 Å². The summed E-state index contributed by atoms with van der Waals surface area (Å²) in [4.78, 5) is 15.0. The van der Waals surface area contributed by atoms with Crippen molar-refractivity contribution in [3.63, 3.8) is 0 Å². The highest BCUT2D eigenvalue weighted by atomic mass is 32.2. The lowest BCUT2D eigenvalue weighted by molar-refractivity contribution is -0.117. The van der Waals surface area contributed by atoms with Gasteiger partial charge in [-0.1, -0.05) is 18.2 Å². The van der Waals surface area contributed by atoms with Crippen LogP contribution in [0.3, 0.4) is 0 Å². The fourth-order valence-electron chi connectivity index (χ4n) is 1.77. The maximum absolute atomic E-state index is 12.0. The lowest BCUT2D eigenvalue weighted by Crippen LogP contribution is -2.32. The highest BCUT2D eigenvalue weighted by Gasteiger charge is 2.10. The lowest BCUT2D eigenvalue weighted by atomic mass is 10.2. The summed E-state index contributed by atoms with van der Waals surface area (Å²) in [6.45, 7) is 6.46. The van der Waals surface area contributed by atoms with Gasteiger partial charge in [-0.2, -0.15) is 0 Å². The summed E-state index contributed by atoms with van der Waals surface area (Å²) in [6, 6.07) is 7.75. The first kappa shape index (κ1) is 17.8. The van der Waals surface area contributed by atoms with Gasteiger partial charge in [0.2, 0.25) is 5.91 Å². The van der Waals surface area contributed by atoms with Gasteiger partial charge in [-0.25, -0.2) is 0 Å². The Kier molecular flexibility index (Phi) is 8.12. The standard InChI is InChI=1S/C16H24N2O2S/c1-4-11-21-15-8-6-5-7-14(15)17-16(20)12-18(3)10-9-13(2)19/h4-8,13,19H,1,9-12H2,2-3H3,(H,17,20). The molecule has 21 heavy (non-hydrogen) atoms. The summed E-state index contributed by atoms with van der Waals surface area (Å²) in [7, 11) is 1.88. The summed E-state index contributed by atoms with van der Waals surface area (Å²) < 4.78 is 0. The summed E-state index contributed by atoms with van der Waals surface area (Å²) in [5, 5.41) is 12.2. The van der Waals surface area contributed by atoms with E-state index in [1.807, 2.05) is 42.3 Å². The Morgan fingerprint density at radius 2 is 2.24 bits per heavy atom. The van der Waals surface area contributed by atoms with Crippen molar-refractivity contribution in [1.82, 2.24) is 4.90 Å². The normalized spacial score (nSPS) is 12.2.